The van der Waals surface area contributed by atoms with Crippen molar-refractivity contribution in [1.82, 2.24) is 5.32 Å². The highest BCUT2D eigenvalue weighted by Crippen LogP contribution is 2.22. The van der Waals surface area contributed by atoms with Gasteiger partial charge in [0, 0.05) is 35.2 Å². The average Bonchev–Trinajstić information content (AvgIpc) is 3.01. The van der Waals surface area contributed by atoms with Gasteiger partial charge in [0.05, 0.1) is 6.42 Å². The first-order valence-corrected chi connectivity index (χ1v) is 8.88. The van der Waals surface area contributed by atoms with Crippen molar-refractivity contribution in [1.29, 1.82) is 0 Å². The fourth-order valence-electron chi connectivity index (χ4n) is 2.82. The van der Waals surface area contributed by atoms with E-state index < -0.39 is 0 Å². The normalized spacial score (nSPS) is 14.0. The van der Waals surface area contributed by atoms with Gasteiger partial charge in [-0.2, -0.15) is 0 Å². The highest BCUT2D eigenvalue weighted by atomic mass is 35.5. The zero-order valence-corrected chi connectivity index (χ0v) is 15.1. The quantitative estimate of drug-likeness (QED) is 0.857. The molecule has 6 heteroatoms. The van der Waals surface area contributed by atoms with Crippen LogP contribution >= 0.6 is 23.2 Å². The Labute approximate surface area is 156 Å². The van der Waals surface area contributed by atoms with Gasteiger partial charge in [0.2, 0.25) is 11.8 Å². The van der Waals surface area contributed by atoms with Crippen LogP contribution in [0.4, 0.5) is 5.69 Å². The second-order valence-electron chi connectivity index (χ2n) is 6.00. The summed E-state index contributed by atoms with van der Waals surface area (Å²) in [5, 5.41) is 3.95. The van der Waals surface area contributed by atoms with E-state index in [9.17, 15) is 9.59 Å². The molecule has 1 fully saturated rings. The van der Waals surface area contributed by atoms with E-state index in [1.807, 2.05) is 24.3 Å². The van der Waals surface area contributed by atoms with Gasteiger partial charge in [0.25, 0.3) is 0 Å². The van der Waals surface area contributed by atoms with Crippen molar-refractivity contribution in [3.63, 3.8) is 0 Å². The smallest absolute Gasteiger partial charge is 0.227 e. The molecule has 0 bridgehead atoms. The number of benzene rings is 2. The van der Waals surface area contributed by atoms with Gasteiger partial charge >= 0.3 is 0 Å². The molecule has 1 aliphatic heterocycles. The van der Waals surface area contributed by atoms with E-state index >= 15 is 0 Å². The number of anilines is 1. The Kier molecular flexibility index (Phi) is 5.61. The van der Waals surface area contributed by atoms with Crippen molar-refractivity contribution in [2.45, 2.75) is 25.8 Å². The Balaban J connectivity index is 1.55. The van der Waals surface area contributed by atoms with E-state index in [0.717, 1.165) is 29.8 Å². The van der Waals surface area contributed by atoms with Gasteiger partial charge in [-0.25, -0.2) is 0 Å². The molecule has 2 aromatic carbocycles. The van der Waals surface area contributed by atoms with Gasteiger partial charge in [0.15, 0.2) is 0 Å². The standard InChI is InChI=1S/C19H18Cl2N2O2/c20-15-6-5-14(17(21)11-15)12-22-18(24)10-13-3-7-16(8-4-13)23-9-1-2-19(23)25/h3-8,11H,1-2,9-10,12H2,(H,22,24). The lowest BCUT2D eigenvalue weighted by Crippen LogP contribution is -2.25. The average molecular weight is 377 g/mol. The molecule has 130 valence electrons. The van der Waals surface area contributed by atoms with Crippen LogP contribution in [0.3, 0.4) is 0 Å². The van der Waals surface area contributed by atoms with Crippen molar-refractivity contribution >= 4 is 40.7 Å². The van der Waals surface area contributed by atoms with Crippen LogP contribution in [0.15, 0.2) is 42.5 Å². The summed E-state index contributed by atoms with van der Waals surface area (Å²) in [5.41, 5.74) is 2.61. The van der Waals surface area contributed by atoms with Gasteiger partial charge in [-0.1, -0.05) is 41.4 Å². The lowest BCUT2D eigenvalue weighted by molar-refractivity contribution is -0.120. The topological polar surface area (TPSA) is 49.4 Å². The molecule has 3 rings (SSSR count). The molecule has 0 aromatic heterocycles. The summed E-state index contributed by atoms with van der Waals surface area (Å²) >= 11 is 12.0. The summed E-state index contributed by atoms with van der Waals surface area (Å²) in [7, 11) is 0. The molecule has 0 radical (unpaired) electrons. The number of amides is 2. The van der Waals surface area contributed by atoms with Gasteiger partial charge in [-0.15, -0.1) is 0 Å². The summed E-state index contributed by atoms with van der Waals surface area (Å²) < 4.78 is 0. The van der Waals surface area contributed by atoms with Crippen molar-refractivity contribution in [3.05, 3.63) is 63.6 Å². The summed E-state index contributed by atoms with van der Waals surface area (Å²) in [6, 6.07) is 12.7. The largest absolute Gasteiger partial charge is 0.352 e. The number of halogens is 2. The number of rotatable bonds is 5. The molecular weight excluding hydrogens is 359 g/mol. The molecule has 0 unspecified atom stereocenters. The number of hydrogen-bond donors (Lipinski definition) is 1. The van der Waals surface area contributed by atoms with Crippen LogP contribution in [0.5, 0.6) is 0 Å². The molecule has 0 aliphatic carbocycles. The van der Waals surface area contributed by atoms with Gasteiger partial charge in [-0.3, -0.25) is 9.59 Å². The summed E-state index contributed by atoms with van der Waals surface area (Å²) in [6.45, 7) is 1.12. The van der Waals surface area contributed by atoms with Crippen LogP contribution < -0.4 is 10.2 Å². The van der Waals surface area contributed by atoms with E-state index in [1.54, 1.807) is 23.1 Å². The van der Waals surface area contributed by atoms with E-state index in [1.165, 1.54) is 0 Å². The zero-order valence-electron chi connectivity index (χ0n) is 13.6. The molecule has 1 N–H and O–H groups in total. The molecule has 25 heavy (non-hydrogen) atoms. The summed E-state index contributed by atoms with van der Waals surface area (Å²) in [5.74, 6) is 0.0707. The maximum Gasteiger partial charge on any atom is 0.227 e. The first-order chi connectivity index (χ1) is 12.0. The molecular formula is C19H18Cl2N2O2. The van der Waals surface area contributed by atoms with E-state index in [2.05, 4.69) is 5.32 Å². The minimum Gasteiger partial charge on any atom is -0.352 e. The number of carbonyl (C=O) groups excluding carboxylic acids is 2. The lowest BCUT2D eigenvalue weighted by atomic mass is 10.1. The van der Waals surface area contributed by atoms with E-state index in [-0.39, 0.29) is 18.2 Å². The Hall–Kier alpha value is -2.04. The van der Waals surface area contributed by atoms with Crippen molar-refractivity contribution < 1.29 is 9.59 Å². The van der Waals surface area contributed by atoms with E-state index in [4.69, 9.17) is 23.2 Å². The lowest BCUT2D eigenvalue weighted by Gasteiger charge is -2.16. The molecule has 4 nitrogen and oxygen atoms in total. The Morgan fingerprint density at radius 3 is 2.52 bits per heavy atom. The molecule has 1 aliphatic rings. The first kappa shape index (κ1) is 17.8. The van der Waals surface area contributed by atoms with E-state index in [0.29, 0.717) is 23.0 Å². The second-order valence-corrected chi connectivity index (χ2v) is 6.85. The number of hydrogen-bond acceptors (Lipinski definition) is 2. The number of nitrogens with one attached hydrogen (secondary N) is 1. The van der Waals surface area contributed by atoms with Crippen LogP contribution in [-0.4, -0.2) is 18.4 Å². The minimum absolute atomic E-state index is 0.0870. The maximum atomic E-state index is 12.1. The highest BCUT2D eigenvalue weighted by molar-refractivity contribution is 6.35. The van der Waals surface area contributed by atoms with Gasteiger partial charge in [-0.05, 0) is 41.8 Å². The third-order valence-corrected chi connectivity index (χ3v) is 4.76. The summed E-state index contributed by atoms with van der Waals surface area (Å²) in [4.78, 5) is 25.6. The zero-order chi connectivity index (χ0) is 17.8. The molecule has 0 saturated carbocycles. The molecule has 1 heterocycles. The third kappa shape index (κ3) is 4.53. The molecule has 2 aromatic rings. The number of nitrogens with zero attached hydrogens (tertiary/aromatic N) is 1. The van der Waals surface area contributed by atoms with Crippen LogP contribution in [-0.2, 0) is 22.6 Å². The predicted octanol–water partition coefficient (Wildman–Crippen LogP) is 3.98. The molecule has 0 spiro atoms. The minimum atomic E-state index is -0.0870. The van der Waals surface area contributed by atoms with Crippen molar-refractivity contribution in [3.8, 4) is 0 Å². The van der Waals surface area contributed by atoms with Crippen molar-refractivity contribution in [2.24, 2.45) is 0 Å². The van der Waals surface area contributed by atoms with Gasteiger partial charge < -0.3 is 10.2 Å². The maximum absolute atomic E-state index is 12.1. The SMILES string of the molecule is O=C(Cc1ccc(N2CCCC2=O)cc1)NCc1ccc(Cl)cc1Cl. The Morgan fingerprint density at radius 1 is 1.12 bits per heavy atom. The van der Waals surface area contributed by atoms with Crippen molar-refractivity contribution in [2.75, 3.05) is 11.4 Å². The fraction of sp³-hybridized carbons (Fsp3) is 0.263. The third-order valence-electron chi connectivity index (χ3n) is 4.18. The van der Waals surface area contributed by atoms with Crippen LogP contribution in [0.2, 0.25) is 10.0 Å². The van der Waals surface area contributed by atoms with Crippen LogP contribution in [0.25, 0.3) is 0 Å². The Bertz CT molecular complexity index is 791. The molecule has 2 amide bonds. The van der Waals surface area contributed by atoms with Crippen LogP contribution in [0.1, 0.15) is 24.0 Å². The predicted molar refractivity (Wildman–Crippen MR) is 100 cm³/mol. The monoisotopic (exact) mass is 376 g/mol. The summed E-state index contributed by atoms with van der Waals surface area (Å²) in [6.07, 6.45) is 1.78. The molecule has 1 saturated heterocycles. The number of carbonyl (C=O) groups is 2. The Morgan fingerprint density at radius 2 is 1.88 bits per heavy atom. The first-order valence-electron chi connectivity index (χ1n) is 8.13. The van der Waals surface area contributed by atoms with Crippen LogP contribution in [0, 0.1) is 0 Å². The molecule has 0 atom stereocenters. The second kappa shape index (κ2) is 7.89. The highest BCUT2D eigenvalue weighted by Gasteiger charge is 2.21. The fourth-order valence-corrected chi connectivity index (χ4v) is 3.30. The van der Waals surface area contributed by atoms with Gasteiger partial charge in [0.1, 0.15) is 0 Å².